The van der Waals surface area contributed by atoms with Gasteiger partial charge in [-0.25, -0.2) is 4.79 Å². The van der Waals surface area contributed by atoms with Crippen molar-refractivity contribution in [3.05, 3.63) is 102 Å². The number of hydrogen-bond acceptors (Lipinski definition) is 6. The van der Waals surface area contributed by atoms with Gasteiger partial charge in [-0.05, 0) is 59.9 Å². The molecule has 1 atom stereocenters. The van der Waals surface area contributed by atoms with E-state index >= 15 is 0 Å². The molecule has 0 amide bonds. The Kier molecular flexibility index (Phi) is 6.95. The van der Waals surface area contributed by atoms with Gasteiger partial charge in [-0.15, -0.1) is 0 Å². The molecule has 0 fully saturated rings. The Morgan fingerprint density at radius 3 is 2.81 bits per heavy atom. The van der Waals surface area contributed by atoms with Gasteiger partial charge < -0.3 is 15.0 Å². The van der Waals surface area contributed by atoms with Gasteiger partial charge in [0.1, 0.15) is 6.04 Å². The Balaban J connectivity index is 1.33. The van der Waals surface area contributed by atoms with Crippen LogP contribution in [0.2, 0.25) is 0 Å². The second kappa shape index (κ2) is 10.8. The van der Waals surface area contributed by atoms with Crippen molar-refractivity contribution in [3.63, 3.8) is 0 Å². The summed E-state index contributed by atoms with van der Waals surface area (Å²) in [6.07, 6.45) is 10.5. The number of nitrogens with zero attached hydrogens (tertiary/aromatic N) is 4. The molecule has 2 N–H and O–H groups in total. The molecule has 5 aromatic rings. The second-order valence-corrected chi connectivity index (χ2v) is 8.76. The fraction of sp³-hybridized carbons (Fsp3) is 0.172. The van der Waals surface area contributed by atoms with Crippen molar-refractivity contribution in [2.45, 2.75) is 25.4 Å². The number of ether oxygens (including phenoxy) is 1. The molecule has 0 aliphatic heterocycles. The first-order chi connectivity index (χ1) is 18.1. The molecule has 2 aromatic carbocycles. The van der Waals surface area contributed by atoms with Crippen LogP contribution in [-0.2, 0) is 17.7 Å². The number of fused-ring (bicyclic) bond motifs is 1. The summed E-state index contributed by atoms with van der Waals surface area (Å²) in [5.41, 5.74) is 5.96. The minimum absolute atomic E-state index is 0.370. The molecule has 3 heterocycles. The summed E-state index contributed by atoms with van der Waals surface area (Å²) in [5, 5.41) is 18.7. The molecule has 0 radical (unpaired) electrons. The summed E-state index contributed by atoms with van der Waals surface area (Å²) in [5.74, 6) is -0.471. The number of anilines is 1. The summed E-state index contributed by atoms with van der Waals surface area (Å²) in [7, 11) is 1.35. The van der Waals surface area contributed by atoms with Crippen LogP contribution >= 0.6 is 0 Å². The Morgan fingerprint density at radius 2 is 2.00 bits per heavy atom. The average Bonchev–Trinajstić information content (AvgIpc) is 3.58. The molecule has 0 saturated heterocycles. The summed E-state index contributed by atoms with van der Waals surface area (Å²) >= 11 is 0. The number of aromatic nitrogens is 4. The van der Waals surface area contributed by atoms with E-state index < -0.39 is 12.0 Å². The first kappa shape index (κ1) is 23.8. The number of aryl methyl sites for hydroxylation is 1. The fourth-order valence-corrected chi connectivity index (χ4v) is 4.40. The maximum atomic E-state index is 12.6. The largest absolute Gasteiger partial charge is 0.465 e. The number of nitriles is 1. The first-order valence-corrected chi connectivity index (χ1v) is 12.0. The number of nitrogens with one attached hydrogen (secondary N) is 2. The number of esters is 1. The number of H-pyrrole nitrogens is 1. The van der Waals surface area contributed by atoms with E-state index in [2.05, 4.69) is 32.5 Å². The Morgan fingerprint density at radius 1 is 1.16 bits per heavy atom. The number of methoxy groups -OCH3 is 1. The lowest BCUT2D eigenvalue weighted by Crippen LogP contribution is -2.20. The zero-order valence-electron chi connectivity index (χ0n) is 20.4. The molecule has 3 aromatic heterocycles. The molecule has 0 bridgehead atoms. The summed E-state index contributed by atoms with van der Waals surface area (Å²) in [6.45, 7) is 0.617. The number of carbonyl (C=O) groups excluding carboxylic acids is 1. The van der Waals surface area contributed by atoms with Crippen LogP contribution in [-0.4, -0.2) is 38.9 Å². The lowest BCUT2D eigenvalue weighted by atomic mass is 10.0. The van der Waals surface area contributed by atoms with Gasteiger partial charge in [0.05, 0.1) is 31.5 Å². The van der Waals surface area contributed by atoms with Crippen LogP contribution in [0.25, 0.3) is 22.0 Å². The summed E-state index contributed by atoms with van der Waals surface area (Å²) < 4.78 is 6.88. The highest BCUT2D eigenvalue weighted by atomic mass is 16.5. The SMILES string of the molecule is COC(=O)c1cc(-c2cnn(Cc3ccncc3)c2)ccc1NC(C#N)CCc1c[nH]c2ccccc12. The maximum Gasteiger partial charge on any atom is 0.339 e. The van der Waals surface area contributed by atoms with Gasteiger partial charge in [-0.2, -0.15) is 10.4 Å². The third kappa shape index (κ3) is 5.36. The molecular formula is C29H26N6O2. The molecule has 5 rings (SSSR count). The number of carbonyl (C=O) groups is 1. The van der Waals surface area contributed by atoms with Crippen molar-refractivity contribution in [2.24, 2.45) is 0 Å². The van der Waals surface area contributed by atoms with Gasteiger partial charge in [-0.3, -0.25) is 9.67 Å². The van der Waals surface area contributed by atoms with Crippen molar-refractivity contribution < 1.29 is 9.53 Å². The zero-order chi connectivity index (χ0) is 25.6. The van der Waals surface area contributed by atoms with E-state index in [0.29, 0.717) is 24.2 Å². The van der Waals surface area contributed by atoms with Gasteiger partial charge >= 0.3 is 5.97 Å². The molecule has 0 spiro atoms. The van der Waals surface area contributed by atoms with Crippen LogP contribution in [0.1, 0.15) is 27.9 Å². The molecule has 8 nitrogen and oxygen atoms in total. The minimum atomic E-state index is -0.481. The Labute approximate surface area is 214 Å². The molecular weight excluding hydrogens is 464 g/mol. The highest BCUT2D eigenvalue weighted by molar-refractivity contribution is 5.97. The number of hydrogen-bond donors (Lipinski definition) is 2. The normalized spacial score (nSPS) is 11.7. The monoisotopic (exact) mass is 490 g/mol. The van der Waals surface area contributed by atoms with Gasteiger partial charge in [0.25, 0.3) is 0 Å². The predicted octanol–water partition coefficient (Wildman–Crippen LogP) is 5.20. The smallest absolute Gasteiger partial charge is 0.339 e. The molecule has 1 unspecified atom stereocenters. The Bertz CT molecular complexity index is 1560. The van der Waals surface area contributed by atoms with Crippen molar-refractivity contribution in [3.8, 4) is 17.2 Å². The quantitative estimate of drug-likeness (QED) is 0.275. The van der Waals surface area contributed by atoms with E-state index in [1.54, 1.807) is 24.7 Å². The van der Waals surface area contributed by atoms with E-state index in [9.17, 15) is 10.1 Å². The maximum absolute atomic E-state index is 12.6. The van der Waals surface area contributed by atoms with Crippen LogP contribution in [0.5, 0.6) is 0 Å². The van der Waals surface area contributed by atoms with E-state index in [0.717, 1.165) is 39.6 Å². The van der Waals surface area contributed by atoms with Crippen molar-refractivity contribution in [1.29, 1.82) is 5.26 Å². The fourth-order valence-electron chi connectivity index (χ4n) is 4.40. The van der Waals surface area contributed by atoms with Crippen molar-refractivity contribution >= 4 is 22.6 Å². The standard InChI is InChI=1S/C29H26N6O2/c1-37-29(36)26-14-21(23-17-33-35(19-23)18-20-10-12-31-13-11-20)7-9-28(26)34-24(15-30)8-6-22-16-32-27-5-3-2-4-25(22)27/h2-5,7,9-14,16-17,19,24,32,34H,6,8,18H2,1H3. The van der Waals surface area contributed by atoms with Gasteiger partial charge in [0, 0.05) is 46.9 Å². The molecule has 0 saturated carbocycles. The zero-order valence-corrected chi connectivity index (χ0v) is 20.4. The lowest BCUT2D eigenvalue weighted by Gasteiger charge is -2.16. The number of benzene rings is 2. The van der Waals surface area contributed by atoms with E-state index in [-0.39, 0.29) is 0 Å². The first-order valence-electron chi connectivity index (χ1n) is 12.0. The average molecular weight is 491 g/mol. The summed E-state index contributed by atoms with van der Waals surface area (Å²) in [4.78, 5) is 20.0. The molecule has 0 aliphatic carbocycles. The van der Waals surface area contributed by atoms with Gasteiger partial charge in [0.2, 0.25) is 0 Å². The van der Waals surface area contributed by atoms with E-state index in [4.69, 9.17) is 4.74 Å². The second-order valence-electron chi connectivity index (χ2n) is 8.76. The van der Waals surface area contributed by atoms with Crippen LogP contribution < -0.4 is 5.32 Å². The predicted molar refractivity (Wildman–Crippen MR) is 142 cm³/mol. The molecule has 0 aliphatic rings. The number of para-hydroxylation sites is 1. The topological polar surface area (TPSA) is 109 Å². The number of aromatic amines is 1. The lowest BCUT2D eigenvalue weighted by molar-refractivity contribution is 0.0602. The molecule has 37 heavy (non-hydrogen) atoms. The van der Waals surface area contributed by atoms with Gasteiger partial charge in [-0.1, -0.05) is 24.3 Å². The minimum Gasteiger partial charge on any atom is -0.465 e. The number of pyridine rings is 1. The molecule has 8 heteroatoms. The highest BCUT2D eigenvalue weighted by Crippen LogP contribution is 2.27. The van der Waals surface area contributed by atoms with Crippen LogP contribution in [0.15, 0.2) is 85.6 Å². The number of rotatable bonds is 9. The van der Waals surface area contributed by atoms with Crippen molar-refractivity contribution in [1.82, 2.24) is 19.7 Å². The summed E-state index contributed by atoms with van der Waals surface area (Å²) in [6, 6.07) is 19.3. The third-order valence-electron chi connectivity index (χ3n) is 6.35. The van der Waals surface area contributed by atoms with Crippen LogP contribution in [0.4, 0.5) is 5.69 Å². The highest BCUT2D eigenvalue weighted by Gasteiger charge is 2.18. The van der Waals surface area contributed by atoms with Crippen molar-refractivity contribution in [2.75, 3.05) is 12.4 Å². The third-order valence-corrected chi connectivity index (χ3v) is 6.35. The van der Waals surface area contributed by atoms with E-state index in [1.807, 2.05) is 59.5 Å². The van der Waals surface area contributed by atoms with Gasteiger partial charge in [0.15, 0.2) is 0 Å². The van der Waals surface area contributed by atoms with Crippen LogP contribution in [0, 0.1) is 11.3 Å². The van der Waals surface area contributed by atoms with E-state index in [1.165, 1.54) is 7.11 Å². The molecule has 184 valence electrons. The Hall–Kier alpha value is -4.90. The van der Waals surface area contributed by atoms with Crippen LogP contribution in [0.3, 0.4) is 0 Å².